The molecule has 0 aliphatic heterocycles. The fraction of sp³-hybridized carbons (Fsp3) is 0.0769. The molecule has 2 aromatic carbocycles. The summed E-state index contributed by atoms with van der Waals surface area (Å²) in [6.45, 7) is -0.283. The Kier molecular flexibility index (Phi) is 4.98. The van der Waals surface area contributed by atoms with Gasteiger partial charge in [0.05, 0.1) is 9.92 Å². The highest BCUT2D eigenvalue weighted by Crippen LogP contribution is 2.25. The first-order chi connectivity index (χ1) is 9.79. The van der Waals surface area contributed by atoms with Gasteiger partial charge in [0, 0.05) is 22.6 Å². The molecule has 0 radical (unpaired) electrons. The smallest absolute Gasteiger partial charge is 0.207 e. The number of hydrogen-bond donors (Lipinski definition) is 1. The van der Waals surface area contributed by atoms with E-state index in [1.165, 1.54) is 24.3 Å². The van der Waals surface area contributed by atoms with Crippen LogP contribution in [0.2, 0.25) is 5.02 Å². The lowest BCUT2D eigenvalue weighted by Gasteiger charge is -2.08. The van der Waals surface area contributed by atoms with Crippen LogP contribution in [0, 0.1) is 11.6 Å². The first kappa shape index (κ1) is 16.4. The summed E-state index contributed by atoms with van der Waals surface area (Å²) in [7, 11) is -3.82. The lowest BCUT2D eigenvalue weighted by Crippen LogP contribution is -2.23. The molecule has 0 saturated carbocycles. The van der Waals surface area contributed by atoms with Crippen molar-refractivity contribution < 1.29 is 17.2 Å². The molecule has 2 aromatic rings. The van der Waals surface area contributed by atoms with Crippen molar-refractivity contribution in [1.82, 2.24) is 4.72 Å². The van der Waals surface area contributed by atoms with Gasteiger partial charge in [-0.25, -0.2) is 21.9 Å². The van der Waals surface area contributed by atoms with Gasteiger partial charge in [-0.3, -0.25) is 0 Å². The van der Waals surface area contributed by atoms with Crippen LogP contribution >= 0.6 is 27.5 Å². The van der Waals surface area contributed by atoms with Gasteiger partial charge >= 0.3 is 0 Å². The van der Waals surface area contributed by atoms with E-state index in [2.05, 4.69) is 20.7 Å². The third-order valence-electron chi connectivity index (χ3n) is 2.67. The summed E-state index contributed by atoms with van der Waals surface area (Å²) in [6, 6.07) is 7.04. The zero-order valence-corrected chi connectivity index (χ0v) is 13.6. The van der Waals surface area contributed by atoms with Crippen molar-refractivity contribution in [3.8, 4) is 0 Å². The van der Waals surface area contributed by atoms with Crippen LogP contribution in [0.3, 0.4) is 0 Å². The maximum Gasteiger partial charge on any atom is 0.240 e. The Labute approximate surface area is 134 Å². The van der Waals surface area contributed by atoms with Gasteiger partial charge in [-0.05, 0) is 40.2 Å². The lowest BCUT2D eigenvalue weighted by molar-refractivity contribution is 0.562. The molecule has 112 valence electrons. The van der Waals surface area contributed by atoms with Gasteiger partial charge in [0.15, 0.2) is 0 Å². The molecule has 0 amide bonds. The second-order valence-corrected chi connectivity index (χ2v) is 7.16. The third kappa shape index (κ3) is 4.00. The number of halogens is 4. The zero-order valence-electron chi connectivity index (χ0n) is 10.4. The molecule has 3 nitrogen and oxygen atoms in total. The van der Waals surface area contributed by atoms with E-state index in [0.717, 1.165) is 6.07 Å². The SMILES string of the molecule is O=S(=O)(NCc1ccc(F)cc1F)c1ccc(Cl)c(Br)c1. The minimum Gasteiger partial charge on any atom is -0.207 e. The Morgan fingerprint density at radius 2 is 1.86 bits per heavy atom. The van der Waals surface area contributed by atoms with Gasteiger partial charge in [-0.2, -0.15) is 0 Å². The summed E-state index contributed by atoms with van der Waals surface area (Å²) in [4.78, 5) is -0.0127. The first-order valence-electron chi connectivity index (χ1n) is 5.68. The number of benzene rings is 2. The molecule has 0 heterocycles. The molecule has 0 atom stereocenters. The van der Waals surface area contributed by atoms with Crippen LogP contribution in [0.4, 0.5) is 8.78 Å². The Morgan fingerprint density at radius 3 is 2.48 bits per heavy atom. The second-order valence-electron chi connectivity index (χ2n) is 4.14. The Morgan fingerprint density at radius 1 is 1.14 bits per heavy atom. The molecule has 0 fully saturated rings. The summed E-state index contributed by atoms with van der Waals surface area (Å²) in [5.41, 5.74) is 0.0491. The zero-order chi connectivity index (χ0) is 15.6. The van der Waals surface area contributed by atoms with Crippen LogP contribution in [0.5, 0.6) is 0 Å². The molecule has 0 spiro atoms. The van der Waals surface area contributed by atoms with Crippen LogP contribution in [0.25, 0.3) is 0 Å². The molecule has 0 aliphatic carbocycles. The summed E-state index contributed by atoms with van der Waals surface area (Å²) in [5.74, 6) is -1.53. The van der Waals surface area contributed by atoms with E-state index in [1.807, 2.05) is 0 Å². The normalized spacial score (nSPS) is 11.6. The highest BCUT2D eigenvalue weighted by atomic mass is 79.9. The minimum atomic E-state index is -3.82. The summed E-state index contributed by atoms with van der Waals surface area (Å²) < 4.78 is 53.0. The minimum absolute atomic E-state index is 0.0127. The Balaban J connectivity index is 2.19. The van der Waals surface area contributed by atoms with Gasteiger partial charge in [0.1, 0.15) is 11.6 Å². The molecule has 2 rings (SSSR count). The number of rotatable bonds is 4. The molecule has 0 aromatic heterocycles. The summed E-state index contributed by atoms with van der Waals surface area (Å²) >= 11 is 8.92. The molecular formula is C13H9BrClF2NO2S. The van der Waals surface area contributed by atoms with Crippen molar-refractivity contribution >= 4 is 37.6 Å². The van der Waals surface area contributed by atoms with E-state index < -0.39 is 21.7 Å². The second kappa shape index (κ2) is 6.39. The van der Waals surface area contributed by atoms with Crippen molar-refractivity contribution in [3.63, 3.8) is 0 Å². The number of hydrogen-bond acceptors (Lipinski definition) is 2. The first-order valence-corrected chi connectivity index (χ1v) is 8.33. The third-order valence-corrected chi connectivity index (χ3v) is 5.28. The number of nitrogens with one attached hydrogen (secondary N) is 1. The standard InChI is InChI=1S/C13H9BrClF2NO2S/c14-11-6-10(3-4-12(11)15)21(19,20)18-7-8-1-2-9(16)5-13(8)17/h1-6,18H,7H2. The van der Waals surface area contributed by atoms with E-state index in [0.29, 0.717) is 15.6 Å². The van der Waals surface area contributed by atoms with Crippen LogP contribution in [0.1, 0.15) is 5.56 Å². The van der Waals surface area contributed by atoms with E-state index in [4.69, 9.17) is 11.6 Å². The predicted molar refractivity (Wildman–Crippen MR) is 79.5 cm³/mol. The molecule has 0 bridgehead atoms. The van der Waals surface area contributed by atoms with Gasteiger partial charge in [-0.15, -0.1) is 0 Å². The molecule has 0 unspecified atom stereocenters. The van der Waals surface area contributed by atoms with E-state index in [-0.39, 0.29) is 17.0 Å². The average Bonchev–Trinajstić information content (AvgIpc) is 2.40. The summed E-state index contributed by atoms with van der Waals surface area (Å²) in [5, 5.41) is 0.374. The molecule has 8 heteroatoms. The van der Waals surface area contributed by atoms with Crippen LogP contribution in [-0.4, -0.2) is 8.42 Å². The average molecular weight is 397 g/mol. The molecule has 0 saturated heterocycles. The fourth-order valence-corrected chi connectivity index (χ4v) is 3.25. The van der Waals surface area contributed by atoms with Gasteiger partial charge in [-0.1, -0.05) is 17.7 Å². The van der Waals surface area contributed by atoms with E-state index >= 15 is 0 Å². The van der Waals surface area contributed by atoms with Crippen LogP contribution in [-0.2, 0) is 16.6 Å². The predicted octanol–water partition coefficient (Wildman–Crippen LogP) is 3.86. The quantitative estimate of drug-likeness (QED) is 0.853. The largest absolute Gasteiger partial charge is 0.240 e. The molecule has 1 N–H and O–H groups in total. The van der Waals surface area contributed by atoms with Crippen molar-refractivity contribution in [1.29, 1.82) is 0 Å². The summed E-state index contributed by atoms with van der Waals surface area (Å²) in [6.07, 6.45) is 0. The molecular weight excluding hydrogens is 388 g/mol. The van der Waals surface area contributed by atoms with Crippen LogP contribution < -0.4 is 4.72 Å². The Bertz CT molecular complexity index is 784. The van der Waals surface area contributed by atoms with E-state index in [9.17, 15) is 17.2 Å². The van der Waals surface area contributed by atoms with Gasteiger partial charge < -0.3 is 0 Å². The van der Waals surface area contributed by atoms with Crippen molar-refractivity contribution in [2.45, 2.75) is 11.4 Å². The Hall–Kier alpha value is -1.02. The number of sulfonamides is 1. The van der Waals surface area contributed by atoms with E-state index in [1.54, 1.807) is 0 Å². The monoisotopic (exact) mass is 395 g/mol. The molecule has 0 aliphatic rings. The highest BCUT2D eigenvalue weighted by molar-refractivity contribution is 9.10. The topological polar surface area (TPSA) is 46.2 Å². The van der Waals surface area contributed by atoms with Gasteiger partial charge in [0.2, 0.25) is 10.0 Å². The maximum absolute atomic E-state index is 13.4. The fourth-order valence-electron chi connectivity index (χ4n) is 1.57. The van der Waals surface area contributed by atoms with Crippen molar-refractivity contribution in [3.05, 3.63) is 63.1 Å². The van der Waals surface area contributed by atoms with Gasteiger partial charge in [0.25, 0.3) is 0 Å². The maximum atomic E-state index is 13.4. The van der Waals surface area contributed by atoms with Crippen LogP contribution in [0.15, 0.2) is 45.8 Å². The van der Waals surface area contributed by atoms with Crippen molar-refractivity contribution in [2.24, 2.45) is 0 Å². The molecule has 21 heavy (non-hydrogen) atoms. The lowest BCUT2D eigenvalue weighted by atomic mass is 10.2. The van der Waals surface area contributed by atoms with Crippen molar-refractivity contribution in [2.75, 3.05) is 0 Å². The highest BCUT2D eigenvalue weighted by Gasteiger charge is 2.16.